The van der Waals surface area contributed by atoms with Gasteiger partial charge in [-0.05, 0) is 31.6 Å². The average molecular weight is 371 g/mol. The van der Waals surface area contributed by atoms with E-state index in [-0.39, 0.29) is 5.91 Å². The highest BCUT2D eigenvalue weighted by Crippen LogP contribution is 2.38. The number of nitrogens with one attached hydrogen (secondary N) is 1. The van der Waals surface area contributed by atoms with Crippen LogP contribution >= 0.6 is 11.3 Å². The highest BCUT2D eigenvalue weighted by molar-refractivity contribution is 7.15. The molecule has 9 heteroatoms. The van der Waals surface area contributed by atoms with E-state index in [2.05, 4.69) is 39.1 Å². The van der Waals surface area contributed by atoms with Gasteiger partial charge in [0.25, 0.3) is 0 Å². The fourth-order valence-corrected chi connectivity index (χ4v) is 4.51. The summed E-state index contributed by atoms with van der Waals surface area (Å²) in [5.74, 6) is 0.142. The number of aryl methyl sites for hydroxylation is 1. The molecule has 1 aliphatic carbocycles. The van der Waals surface area contributed by atoms with Crippen LogP contribution in [0, 0.1) is 5.41 Å². The molecule has 26 heavy (non-hydrogen) atoms. The minimum Gasteiger partial charge on any atom is -0.382 e. The van der Waals surface area contributed by atoms with E-state index in [4.69, 9.17) is 5.73 Å². The van der Waals surface area contributed by atoms with Gasteiger partial charge in [0.05, 0.1) is 12.0 Å². The number of imidazole rings is 1. The first-order chi connectivity index (χ1) is 12.3. The Hall–Kier alpha value is -2.55. The van der Waals surface area contributed by atoms with Crippen LogP contribution in [0.5, 0.6) is 0 Å². The zero-order valence-electron chi connectivity index (χ0n) is 15.0. The Morgan fingerprint density at radius 2 is 2.19 bits per heavy atom. The largest absolute Gasteiger partial charge is 0.382 e. The molecule has 0 bridgehead atoms. The number of carbonyl (C=O) groups is 1. The van der Waals surface area contributed by atoms with E-state index in [0.29, 0.717) is 27.5 Å². The van der Waals surface area contributed by atoms with Crippen LogP contribution in [0.15, 0.2) is 12.7 Å². The third kappa shape index (κ3) is 2.92. The van der Waals surface area contributed by atoms with Crippen LogP contribution in [0.3, 0.4) is 0 Å². The molecule has 1 unspecified atom stereocenters. The molecule has 3 aromatic rings. The number of carbonyl (C=O) groups excluding carboxylic acids is 1. The molecule has 3 heterocycles. The molecule has 1 amide bonds. The van der Waals surface area contributed by atoms with Gasteiger partial charge in [0.2, 0.25) is 5.91 Å². The normalized spacial score (nSPS) is 17.0. The lowest BCUT2D eigenvalue weighted by atomic mass is 9.79. The monoisotopic (exact) mass is 371 g/mol. The number of nitrogens with two attached hydrogens (primary N) is 1. The molecular formula is C17H21N7OS. The van der Waals surface area contributed by atoms with Crippen molar-refractivity contribution in [3.05, 3.63) is 23.2 Å². The first kappa shape index (κ1) is 16.9. The number of hydrogen-bond donors (Lipinski definition) is 2. The molecule has 136 valence electrons. The maximum atomic E-state index is 12.7. The lowest BCUT2D eigenvalue weighted by Crippen LogP contribution is -2.23. The minimum atomic E-state index is -0.494. The van der Waals surface area contributed by atoms with Gasteiger partial charge in [-0.1, -0.05) is 13.8 Å². The molecule has 0 saturated carbocycles. The number of rotatable bonds is 3. The van der Waals surface area contributed by atoms with Crippen LogP contribution in [0.4, 0.5) is 10.9 Å². The number of amides is 1. The number of anilines is 2. The molecule has 1 atom stereocenters. The summed E-state index contributed by atoms with van der Waals surface area (Å²) >= 11 is 1.57. The zero-order chi connectivity index (χ0) is 18.5. The molecule has 3 aromatic heterocycles. The number of hydrogen-bond acceptors (Lipinski definition) is 7. The van der Waals surface area contributed by atoms with E-state index in [9.17, 15) is 4.79 Å². The summed E-state index contributed by atoms with van der Waals surface area (Å²) in [6.07, 6.45) is 6.03. The van der Waals surface area contributed by atoms with Crippen molar-refractivity contribution >= 4 is 39.4 Å². The fourth-order valence-electron chi connectivity index (χ4n) is 3.24. The van der Waals surface area contributed by atoms with Crippen LogP contribution in [-0.2, 0) is 17.6 Å². The predicted molar refractivity (Wildman–Crippen MR) is 101 cm³/mol. The molecule has 3 N–H and O–H groups in total. The van der Waals surface area contributed by atoms with Gasteiger partial charge in [0.1, 0.15) is 17.9 Å². The van der Waals surface area contributed by atoms with Gasteiger partial charge >= 0.3 is 0 Å². The molecule has 1 aliphatic rings. The SMILES string of the molecule is CC(C(=O)Nc1nc2c(s1)CC(C)(C)CC2)n1cnc2c(N)ncnc21. The lowest BCUT2D eigenvalue weighted by Gasteiger charge is -2.28. The smallest absolute Gasteiger partial charge is 0.249 e. The van der Waals surface area contributed by atoms with Crippen molar-refractivity contribution in [3.8, 4) is 0 Å². The maximum Gasteiger partial charge on any atom is 0.249 e. The average Bonchev–Trinajstić information content (AvgIpc) is 3.17. The van der Waals surface area contributed by atoms with Gasteiger partial charge in [-0.3, -0.25) is 4.79 Å². The summed E-state index contributed by atoms with van der Waals surface area (Å²) in [5.41, 5.74) is 8.26. The molecule has 8 nitrogen and oxygen atoms in total. The Balaban J connectivity index is 1.55. The zero-order valence-corrected chi connectivity index (χ0v) is 15.8. The van der Waals surface area contributed by atoms with Crippen molar-refractivity contribution in [2.24, 2.45) is 5.41 Å². The third-order valence-electron chi connectivity index (χ3n) is 4.87. The Morgan fingerprint density at radius 3 is 3.00 bits per heavy atom. The van der Waals surface area contributed by atoms with E-state index in [1.165, 1.54) is 11.2 Å². The Bertz CT molecular complexity index is 990. The van der Waals surface area contributed by atoms with Crippen molar-refractivity contribution in [3.63, 3.8) is 0 Å². The quantitative estimate of drug-likeness (QED) is 0.732. The van der Waals surface area contributed by atoms with E-state index >= 15 is 0 Å². The topological polar surface area (TPSA) is 112 Å². The van der Waals surface area contributed by atoms with Gasteiger partial charge in [-0.15, -0.1) is 11.3 Å². The summed E-state index contributed by atoms with van der Waals surface area (Å²) in [6.45, 7) is 6.34. The number of aromatic nitrogens is 5. The van der Waals surface area contributed by atoms with Crippen molar-refractivity contribution in [1.29, 1.82) is 0 Å². The second-order valence-corrected chi connectivity index (χ2v) is 8.56. The first-order valence-corrected chi connectivity index (χ1v) is 9.38. The van der Waals surface area contributed by atoms with E-state index in [1.54, 1.807) is 29.2 Å². The Labute approximate surface area is 154 Å². The van der Waals surface area contributed by atoms with Crippen LogP contribution < -0.4 is 11.1 Å². The summed E-state index contributed by atoms with van der Waals surface area (Å²) in [6, 6.07) is -0.494. The Morgan fingerprint density at radius 1 is 1.38 bits per heavy atom. The summed E-state index contributed by atoms with van der Waals surface area (Å²) in [5, 5.41) is 3.59. The number of fused-ring (bicyclic) bond motifs is 2. The molecule has 4 rings (SSSR count). The van der Waals surface area contributed by atoms with Crippen LogP contribution in [0.25, 0.3) is 11.2 Å². The van der Waals surface area contributed by atoms with Gasteiger partial charge in [-0.2, -0.15) is 0 Å². The van der Waals surface area contributed by atoms with E-state index in [0.717, 1.165) is 25.0 Å². The second kappa shape index (κ2) is 6.01. The number of nitrogens with zero attached hydrogens (tertiary/aromatic N) is 5. The van der Waals surface area contributed by atoms with Crippen LogP contribution in [0.1, 0.15) is 43.8 Å². The molecule has 0 fully saturated rings. The highest BCUT2D eigenvalue weighted by Gasteiger charge is 2.29. The van der Waals surface area contributed by atoms with E-state index in [1.807, 2.05) is 0 Å². The van der Waals surface area contributed by atoms with Crippen LogP contribution in [0.2, 0.25) is 0 Å². The number of thiazole rings is 1. The molecular weight excluding hydrogens is 350 g/mol. The first-order valence-electron chi connectivity index (χ1n) is 8.56. The van der Waals surface area contributed by atoms with Crippen LogP contribution in [-0.4, -0.2) is 30.4 Å². The summed E-state index contributed by atoms with van der Waals surface area (Å²) < 4.78 is 1.69. The van der Waals surface area contributed by atoms with Crippen molar-refractivity contribution in [1.82, 2.24) is 24.5 Å². The maximum absolute atomic E-state index is 12.7. The van der Waals surface area contributed by atoms with Gasteiger partial charge in [0.15, 0.2) is 16.6 Å². The van der Waals surface area contributed by atoms with Crippen molar-refractivity contribution in [2.45, 2.75) is 46.1 Å². The summed E-state index contributed by atoms with van der Waals surface area (Å²) in [7, 11) is 0. The molecule has 0 aliphatic heterocycles. The molecule has 0 saturated heterocycles. The third-order valence-corrected chi connectivity index (χ3v) is 5.88. The lowest BCUT2D eigenvalue weighted by molar-refractivity contribution is -0.118. The molecule has 0 aromatic carbocycles. The standard InChI is InChI=1S/C17H21N7OS/c1-9(24-8-21-12-13(18)19-7-20-14(12)24)15(25)23-16-22-10-4-5-17(2,3)6-11(10)26-16/h7-9H,4-6H2,1-3H3,(H2,18,19,20)(H,22,23,25). The highest BCUT2D eigenvalue weighted by atomic mass is 32.1. The van der Waals surface area contributed by atoms with Gasteiger partial charge in [-0.25, -0.2) is 19.9 Å². The predicted octanol–water partition coefficient (Wildman–Crippen LogP) is 2.58. The molecule has 0 spiro atoms. The fraction of sp³-hybridized carbons (Fsp3) is 0.471. The van der Waals surface area contributed by atoms with Gasteiger partial charge in [0, 0.05) is 4.88 Å². The van der Waals surface area contributed by atoms with Crippen molar-refractivity contribution in [2.75, 3.05) is 11.1 Å². The molecule has 0 radical (unpaired) electrons. The summed E-state index contributed by atoms with van der Waals surface area (Å²) in [4.78, 5) is 30.9. The van der Waals surface area contributed by atoms with Gasteiger partial charge < -0.3 is 15.6 Å². The minimum absolute atomic E-state index is 0.160. The van der Waals surface area contributed by atoms with E-state index < -0.39 is 6.04 Å². The Kier molecular flexibility index (Phi) is 3.91. The van der Waals surface area contributed by atoms with Crippen molar-refractivity contribution < 1.29 is 4.79 Å². The number of nitrogen functional groups attached to an aromatic ring is 1. The second-order valence-electron chi connectivity index (χ2n) is 7.48.